The average molecular weight is 373 g/mol. The number of aromatic hydroxyl groups is 2. The van der Waals surface area contributed by atoms with Gasteiger partial charge in [-0.1, -0.05) is 6.07 Å². The van der Waals surface area contributed by atoms with Gasteiger partial charge < -0.3 is 30.3 Å². The van der Waals surface area contributed by atoms with E-state index in [9.17, 15) is 34.5 Å². The van der Waals surface area contributed by atoms with Gasteiger partial charge in [0.15, 0.2) is 11.5 Å². The first kappa shape index (κ1) is 21.7. The standard InChI is InChI=1S/C15H17N3O7.Na/c1-2-17-5-6-18(13(22)12(17)21)15(25)16-11(14(23)24)8-3-4-9(19)10(20)7-8;/h3-4,7,11,19-20H,2,5-6H2,1H3,(H,16,25)(H,23,24);/q;+1/p-1. The molecule has 1 heterocycles. The summed E-state index contributed by atoms with van der Waals surface area (Å²) >= 11 is 0. The van der Waals surface area contributed by atoms with Crippen molar-refractivity contribution >= 4 is 23.8 Å². The van der Waals surface area contributed by atoms with Gasteiger partial charge in [-0.25, -0.2) is 4.79 Å². The summed E-state index contributed by atoms with van der Waals surface area (Å²) in [6, 6.07) is 0.388. The van der Waals surface area contributed by atoms with Gasteiger partial charge in [0.05, 0.1) is 12.0 Å². The Labute approximate surface area is 170 Å². The third kappa shape index (κ3) is 4.45. The van der Waals surface area contributed by atoms with Crippen LogP contribution in [0.15, 0.2) is 18.2 Å². The zero-order valence-corrected chi connectivity index (χ0v) is 16.3. The molecule has 26 heavy (non-hydrogen) atoms. The number of hydrogen-bond acceptors (Lipinski definition) is 7. The molecule has 4 amide bonds. The molecular weight excluding hydrogens is 357 g/mol. The summed E-state index contributed by atoms with van der Waals surface area (Å²) in [7, 11) is 0. The van der Waals surface area contributed by atoms with Crippen LogP contribution < -0.4 is 40.0 Å². The number of phenols is 2. The van der Waals surface area contributed by atoms with Crippen LogP contribution in [0.5, 0.6) is 11.5 Å². The summed E-state index contributed by atoms with van der Waals surface area (Å²) < 4.78 is 0. The zero-order chi connectivity index (χ0) is 18.7. The van der Waals surface area contributed by atoms with Gasteiger partial charge in [-0.2, -0.15) is 0 Å². The minimum absolute atomic E-state index is 0. The van der Waals surface area contributed by atoms with E-state index in [1.807, 2.05) is 0 Å². The molecule has 2 rings (SSSR count). The van der Waals surface area contributed by atoms with E-state index in [4.69, 9.17) is 0 Å². The molecular formula is C15H16N3NaO7. The van der Waals surface area contributed by atoms with Crippen LogP contribution in [-0.4, -0.2) is 63.5 Å². The number of urea groups is 1. The fraction of sp³-hybridized carbons (Fsp3) is 0.333. The third-order valence-electron chi connectivity index (χ3n) is 3.77. The number of piperazine rings is 1. The molecule has 10 nitrogen and oxygen atoms in total. The molecule has 0 saturated carbocycles. The summed E-state index contributed by atoms with van der Waals surface area (Å²) in [5, 5.41) is 32.1. The van der Waals surface area contributed by atoms with E-state index in [2.05, 4.69) is 5.32 Å². The van der Waals surface area contributed by atoms with Gasteiger partial charge in [0.1, 0.15) is 0 Å². The Balaban J connectivity index is 0.00000338. The molecule has 1 aliphatic rings. The first-order valence-electron chi connectivity index (χ1n) is 7.40. The normalized spacial score (nSPS) is 15.3. The van der Waals surface area contributed by atoms with E-state index in [-0.39, 0.29) is 48.2 Å². The monoisotopic (exact) mass is 373 g/mol. The maximum absolute atomic E-state index is 12.2. The smallest absolute Gasteiger partial charge is 0.548 e. The SMILES string of the molecule is CCN1CCN(C(=O)NC(C(=O)[O-])c2ccc(O)c(O)c2)C(=O)C1=O.[Na+]. The summed E-state index contributed by atoms with van der Waals surface area (Å²) in [4.78, 5) is 49.2. The van der Waals surface area contributed by atoms with Crippen molar-refractivity contribution in [2.75, 3.05) is 19.6 Å². The van der Waals surface area contributed by atoms with Crippen LogP contribution in [-0.2, 0) is 14.4 Å². The number of carboxylic acids is 1. The maximum atomic E-state index is 12.2. The van der Waals surface area contributed by atoms with Crippen molar-refractivity contribution in [3.8, 4) is 11.5 Å². The number of rotatable bonds is 4. The Hall–Kier alpha value is -2.30. The molecule has 1 atom stereocenters. The van der Waals surface area contributed by atoms with Crippen LogP contribution in [0.25, 0.3) is 0 Å². The number of amides is 4. The van der Waals surface area contributed by atoms with Crippen LogP contribution in [0, 0.1) is 0 Å². The molecule has 0 spiro atoms. The van der Waals surface area contributed by atoms with E-state index in [1.54, 1.807) is 6.92 Å². The predicted molar refractivity (Wildman–Crippen MR) is 80.0 cm³/mol. The number of aliphatic carboxylic acids is 1. The number of phenolic OH excluding ortho intramolecular Hbond substituents is 2. The molecule has 1 aromatic carbocycles. The zero-order valence-electron chi connectivity index (χ0n) is 14.3. The predicted octanol–water partition coefficient (Wildman–Crippen LogP) is -4.71. The number of nitrogens with one attached hydrogen (secondary N) is 1. The first-order valence-corrected chi connectivity index (χ1v) is 7.40. The molecule has 0 bridgehead atoms. The Bertz CT molecular complexity index is 740. The summed E-state index contributed by atoms with van der Waals surface area (Å²) in [6.07, 6.45) is 0. The molecule has 11 heteroatoms. The van der Waals surface area contributed by atoms with Crippen molar-refractivity contribution in [2.24, 2.45) is 0 Å². The minimum atomic E-state index is -1.69. The Morgan fingerprint density at radius 2 is 1.85 bits per heavy atom. The molecule has 1 fully saturated rings. The summed E-state index contributed by atoms with van der Waals surface area (Å²) in [6.45, 7) is 2.06. The number of carbonyl (C=O) groups excluding carboxylic acids is 4. The second-order valence-electron chi connectivity index (χ2n) is 5.29. The van der Waals surface area contributed by atoms with Gasteiger partial charge in [-0.3, -0.25) is 14.5 Å². The van der Waals surface area contributed by atoms with Crippen molar-refractivity contribution in [3.63, 3.8) is 0 Å². The van der Waals surface area contributed by atoms with Crippen LogP contribution in [0.4, 0.5) is 4.79 Å². The number of nitrogens with zero attached hydrogens (tertiary/aromatic N) is 2. The van der Waals surface area contributed by atoms with Crippen LogP contribution in [0.3, 0.4) is 0 Å². The van der Waals surface area contributed by atoms with Gasteiger partial charge >= 0.3 is 47.4 Å². The number of likely N-dealkylation sites (N-methyl/N-ethyl adjacent to an activating group) is 1. The van der Waals surface area contributed by atoms with Crippen molar-refractivity contribution in [1.29, 1.82) is 0 Å². The van der Waals surface area contributed by atoms with Gasteiger partial charge in [-0.15, -0.1) is 0 Å². The molecule has 1 aliphatic heterocycles. The largest absolute Gasteiger partial charge is 1.00 e. The van der Waals surface area contributed by atoms with Crippen molar-refractivity contribution < 1.29 is 64.1 Å². The number of carboxylic acid groups (broad SMARTS) is 1. The number of imide groups is 1. The van der Waals surface area contributed by atoms with Crippen molar-refractivity contribution in [3.05, 3.63) is 23.8 Å². The second-order valence-corrected chi connectivity index (χ2v) is 5.29. The molecule has 0 aliphatic carbocycles. The number of benzene rings is 1. The minimum Gasteiger partial charge on any atom is -0.548 e. The summed E-state index contributed by atoms with van der Waals surface area (Å²) in [5.74, 6) is -4.65. The quantitative estimate of drug-likeness (QED) is 0.273. The fourth-order valence-corrected chi connectivity index (χ4v) is 2.37. The molecule has 1 saturated heterocycles. The van der Waals surface area contributed by atoms with Crippen LogP contribution in [0.1, 0.15) is 18.5 Å². The number of hydrogen-bond donors (Lipinski definition) is 3. The van der Waals surface area contributed by atoms with E-state index >= 15 is 0 Å². The van der Waals surface area contributed by atoms with Crippen LogP contribution >= 0.6 is 0 Å². The first-order chi connectivity index (χ1) is 11.8. The van der Waals surface area contributed by atoms with Gasteiger partial charge in [0, 0.05) is 19.6 Å². The molecule has 134 valence electrons. The van der Waals surface area contributed by atoms with Crippen molar-refractivity contribution in [2.45, 2.75) is 13.0 Å². The Morgan fingerprint density at radius 1 is 1.19 bits per heavy atom. The molecule has 0 radical (unpaired) electrons. The van der Waals surface area contributed by atoms with E-state index in [0.717, 1.165) is 18.2 Å². The molecule has 1 aromatic rings. The topological polar surface area (TPSA) is 150 Å². The van der Waals surface area contributed by atoms with Crippen molar-refractivity contribution in [1.82, 2.24) is 15.1 Å². The summed E-state index contributed by atoms with van der Waals surface area (Å²) in [5.41, 5.74) is -0.0744. The van der Waals surface area contributed by atoms with E-state index in [1.165, 1.54) is 4.90 Å². The maximum Gasteiger partial charge on any atom is 1.00 e. The van der Waals surface area contributed by atoms with E-state index < -0.39 is 41.4 Å². The molecule has 1 unspecified atom stereocenters. The Kier molecular flexibility index (Phi) is 7.42. The average Bonchev–Trinajstić information content (AvgIpc) is 2.57. The third-order valence-corrected chi connectivity index (χ3v) is 3.77. The fourth-order valence-electron chi connectivity index (χ4n) is 2.37. The molecule has 3 N–H and O–H groups in total. The van der Waals surface area contributed by atoms with Crippen LogP contribution in [0.2, 0.25) is 0 Å². The van der Waals surface area contributed by atoms with Gasteiger partial charge in [0.2, 0.25) is 0 Å². The van der Waals surface area contributed by atoms with E-state index in [0.29, 0.717) is 11.4 Å². The second kappa shape index (κ2) is 8.88. The van der Waals surface area contributed by atoms with Gasteiger partial charge in [-0.05, 0) is 24.6 Å². The Morgan fingerprint density at radius 3 is 2.38 bits per heavy atom. The molecule has 0 aromatic heterocycles. The van der Waals surface area contributed by atoms with Gasteiger partial charge in [0.25, 0.3) is 0 Å². The number of carbonyl (C=O) groups is 4.